The summed E-state index contributed by atoms with van der Waals surface area (Å²) >= 11 is 0. The molecule has 1 saturated heterocycles. The van der Waals surface area contributed by atoms with E-state index in [-0.39, 0.29) is 0 Å². The lowest BCUT2D eigenvalue weighted by Crippen LogP contribution is -2.51. The van der Waals surface area contributed by atoms with Gasteiger partial charge in [-0.2, -0.15) is 0 Å². The zero-order valence-electron chi connectivity index (χ0n) is 17.2. The molecule has 3 aliphatic rings. The molecule has 1 aromatic rings. The molecule has 4 rings (SSSR count). The minimum atomic E-state index is 0.320. The molecule has 28 heavy (non-hydrogen) atoms. The summed E-state index contributed by atoms with van der Waals surface area (Å²) in [6.07, 6.45) is 9.11. The number of guanidine groups is 1. The Balaban J connectivity index is 1.35. The fraction of sp³-hybridized carbons (Fsp3) is 0.800. The van der Waals surface area contributed by atoms with Gasteiger partial charge in [-0.05, 0) is 45.4 Å². The van der Waals surface area contributed by atoms with Gasteiger partial charge in [0.2, 0.25) is 5.91 Å². The Kier molecular flexibility index (Phi) is 5.82. The van der Waals surface area contributed by atoms with E-state index < -0.39 is 0 Å². The number of hydrogen-bond acceptors (Lipinski definition) is 4. The highest BCUT2D eigenvalue weighted by atomic mass is 16.2. The van der Waals surface area contributed by atoms with E-state index in [2.05, 4.69) is 25.7 Å². The summed E-state index contributed by atoms with van der Waals surface area (Å²) in [5, 5.41) is 15.6. The largest absolute Gasteiger partial charge is 0.354 e. The summed E-state index contributed by atoms with van der Waals surface area (Å²) in [6, 6.07) is 0.862. The molecule has 154 valence electrons. The van der Waals surface area contributed by atoms with Crippen LogP contribution in [0.4, 0.5) is 0 Å². The minimum absolute atomic E-state index is 0.320. The van der Waals surface area contributed by atoms with Crippen LogP contribution in [0.1, 0.15) is 63.0 Å². The molecule has 0 spiro atoms. The standard InChI is InChI=1S/C20H33N7O/c1-14-24-25-18(26(14)2)13-21-20(22-16-5-3-4-6-16)23-17-9-11-27(12-10-17)19(28)15-7-8-15/h15-17H,3-13H2,1-2H3,(H2,21,22,23). The second-order valence-electron chi connectivity index (χ2n) is 8.53. The van der Waals surface area contributed by atoms with Gasteiger partial charge in [-0.25, -0.2) is 4.99 Å². The molecule has 2 aliphatic carbocycles. The first kappa shape index (κ1) is 19.2. The highest BCUT2D eigenvalue weighted by Gasteiger charge is 2.35. The van der Waals surface area contributed by atoms with Crippen molar-refractivity contribution in [2.75, 3.05) is 13.1 Å². The third-order valence-corrected chi connectivity index (χ3v) is 6.33. The number of carbonyl (C=O) groups excluding carboxylic acids is 1. The van der Waals surface area contributed by atoms with Gasteiger partial charge in [0.15, 0.2) is 11.8 Å². The summed E-state index contributed by atoms with van der Waals surface area (Å²) in [7, 11) is 1.98. The van der Waals surface area contributed by atoms with Gasteiger partial charge in [0.25, 0.3) is 0 Å². The van der Waals surface area contributed by atoms with E-state index in [0.29, 0.717) is 30.5 Å². The number of likely N-dealkylation sites (tertiary alicyclic amines) is 1. The lowest BCUT2D eigenvalue weighted by atomic mass is 10.0. The fourth-order valence-corrected chi connectivity index (χ4v) is 4.16. The molecule has 0 atom stereocenters. The van der Waals surface area contributed by atoms with Crippen LogP contribution in [0.15, 0.2) is 4.99 Å². The first-order chi connectivity index (χ1) is 13.6. The van der Waals surface area contributed by atoms with Gasteiger partial charge in [-0.1, -0.05) is 12.8 Å². The number of carbonyl (C=O) groups is 1. The van der Waals surface area contributed by atoms with Gasteiger partial charge in [-0.3, -0.25) is 4.79 Å². The maximum Gasteiger partial charge on any atom is 0.225 e. The summed E-state index contributed by atoms with van der Waals surface area (Å²) < 4.78 is 1.98. The maximum atomic E-state index is 12.3. The number of piperidine rings is 1. The van der Waals surface area contributed by atoms with Crippen LogP contribution in [0.25, 0.3) is 0 Å². The zero-order chi connectivity index (χ0) is 19.5. The molecule has 0 bridgehead atoms. The van der Waals surface area contributed by atoms with E-state index in [0.717, 1.165) is 56.4 Å². The molecule has 0 aromatic carbocycles. The molecule has 1 aliphatic heterocycles. The van der Waals surface area contributed by atoms with Crippen molar-refractivity contribution in [3.63, 3.8) is 0 Å². The number of aliphatic imine (C=N–C) groups is 1. The van der Waals surface area contributed by atoms with E-state index >= 15 is 0 Å². The number of aryl methyl sites for hydroxylation is 1. The third kappa shape index (κ3) is 4.64. The number of nitrogens with one attached hydrogen (secondary N) is 2. The van der Waals surface area contributed by atoms with Crippen molar-refractivity contribution >= 4 is 11.9 Å². The highest BCUT2D eigenvalue weighted by molar-refractivity contribution is 5.81. The van der Waals surface area contributed by atoms with E-state index in [1.807, 2.05) is 18.5 Å². The Morgan fingerprint density at radius 1 is 1.04 bits per heavy atom. The van der Waals surface area contributed by atoms with Crippen molar-refractivity contribution in [3.05, 3.63) is 11.6 Å². The molecule has 0 radical (unpaired) electrons. The summed E-state index contributed by atoms with van der Waals surface area (Å²) in [5.74, 6) is 3.33. The first-order valence-electron chi connectivity index (χ1n) is 10.8. The van der Waals surface area contributed by atoms with Crippen molar-refractivity contribution in [2.45, 2.75) is 76.9 Å². The molecule has 2 heterocycles. The number of hydrogen-bond donors (Lipinski definition) is 2. The Labute approximate surface area is 167 Å². The lowest BCUT2D eigenvalue weighted by Gasteiger charge is -2.33. The molecule has 1 aromatic heterocycles. The molecular weight excluding hydrogens is 354 g/mol. The number of rotatable bonds is 5. The van der Waals surface area contributed by atoms with Crippen molar-refractivity contribution in [2.24, 2.45) is 18.0 Å². The van der Waals surface area contributed by atoms with Gasteiger partial charge in [0.05, 0.1) is 0 Å². The number of aromatic nitrogens is 3. The number of nitrogens with zero attached hydrogens (tertiary/aromatic N) is 5. The molecule has 0 unspecified atom stereocenters. The van der Waals surface area contributed by atoms with Crippen LogP contribution < -0.4 is 10.6 Å². The Morgan fingerprint density at radius 3 is 2.25 bits per heavy atom. The van der Waals surface area contributed by atoms with Gasteiger partial charge >= 0.3 is 0 Å². The topological polar surface area (TPSA) is 87.4 Å². The van der Waals surface area contributed by atoms with Crippen LogP contribution in [0, 0.1) is 12.8 Å². The molecule has 2 saturated carbocycles. The summed E-state index contributed by atoms with van der Waals surface area (Å²) in [5.41, 5.74) is 0. The predicted molar refractivity (Wildman–Crippen MR) is 108 cm³/mol. The Morgan fingerprint density at radius 2 is 1.68 bits per heavy atom. The molecule has 3 fully saturated rings. The van der Waals surface area contributed by atoms with E-state index in [1.54, 1.807) is 0 Å². The molecule has 8 nitrogen and oxygen atoms in total. The van der Waals surface area contributed by atoms with E-state index in [4.69, 9.17) is 4.99 Å². The predicted octanol–water partition coefficient (Wildman–Crippen LogP) is 1.50. The number of amides is 1. The van der Waals surface area contributed by atoms with Crippen molar-refractivity contribution in [1.82, 2.24) is 30.3 Å². The van der Waals surface area contributed by atoms with Crippen LogP contribution in [0.3, 0.4) is 0 Å². The van der Waals surface area contributed by atoms with Crippen LogP contribution in [-0.4, -0.2) is 56.7 Å². The maximum absolute atomic E-state index is 12.3. The summed E-state index contributed by atoms with van der Waals surface area (Å²) in [6.45, 7) is 4.17. The normalized spacial score (nSPS) is 21.9. The average molecular weight is 388 g/mol. The van der Waals surface area contributed by atoms with Crippen molar-refractivity contribution in [1.29, 1.82) is 0 Å². The second-order valence-corrected chi connectivity index (χ2v) is 8.53. The van der Waals surface area contributed by atoms with Crippen LogP contribution in [0.5, 0.6) is 0 Å². The average Bonchev–Trinajstić information content (AvgIpc) is 3.35. The molecular formula is C20H33N7O. The Hall–Kier alpha value is -2.12. The monoisotopic (exact) mass is 387 g/mol. The smallest absolute Gasteiger partial charge is 0.225 e. The summed E-state index contributed by atoms with van der Waals surface area (Å²) in [4.78, 5) is 19.1. The van der Waals surface area contributed by atoms with Gasteiger partial charge in [0.1, 0.15) is 12.4 Å². The quantitative estimate of drug-likeness (QED) is 0.591. The van der Waals surface area contributed by atoms with E-state index in [1.165, 1.54) is 25.7 Å². The fourth-order valence-electron chi connectivity index (χ4n) is 4.16. The minimum Gasteiger partial charge on any atom is -0.354 e. The Bertz CT molecular complexity index is 710. The van der Waals surface area contributed by atoms with Crippen LogP contribution in [-0.2, 0) is 18.4 Å². The van der Waals surface area contributed by atoms with Gasteiger partial charge < -0.3 is 20.1 Å². The highest BCUT2D eigenvalue weighted by Crippen LogP contribution is 2.31. The van der Waals surface area contributed by atoms with Crippen molar-refractivity contribution in [3.8, 4) is 0 Å². The zero-order valence-corrected chi connectivity index (χ0v) is 17.2. The molecule has 2 N–H and O–H groups in total. The molecule has 1 amide bonds. The van der Waals surface area contributed by atoms with Gasteiger partial charge in [0, 0.05) is 38.1 Å². The third-order valence-electron chi connectivity index (χ3n) is 6.33. The lowest BCUT2D eigenvalue weighted by molar-refractivity contribution is -0.133. The molecule has 8 heteroatoms. The SMILES string of the molecule is Cc1nnc(CN=C(NC2CCCC2)NC2CCN(C(=O)C3CC3)CC2)n1C. The van der Waals surface area contributed by atoms with E-state index in [9.17, 15) is 4.79 Å². The van der Waals surface area contributed by atoms with Crippen molar-refractivity contribution < 1.29 is 4.79 Å². The van der Waals surface area contributed by atoms with Gasteiger partial charge in [-0.15, -0.1) is 10.2 Å². The second kappa shape index (κ2) is 8.49. The van der Waals surface area contributed by atoms with Crippen LogP contribution >= 0.6 is 0 Å². The first-order valence-corrected chi connectivity index (χ1v) is 10.8. The van der Waals surface area contributed by atoms with Crippen LogP contribution in [0.2, 0.25) is 0 Å².